The quantitative estimate of drug-likeness (QED) is 0.814. The first kappa shape index (κ1) is 19.8. The number of hydrogen-bond acceptors (Lipinski definition) is 6. The molecule has 2 atom stereocenters. The van der Waals surface area contributed by atoms with E-state index in [0.29, 0.717) is 17.3 Å². The highest BCUT2D eigenvalue weighted by molar-refractivity contribution is 6.18. The van der Waals surface area contributed by atoms with E-state index in [1.165, 1.54) is 19.2 Å². The maximum atomic E-state index is 13.5. The van der Waals surface area contributed by atoms with E-state index < -0.39 is 0 Å². The van der Waals surface area contributed by atoms with Gasteiger partial charge in [-0.3, -0.25) is 5.32 Å². The summed E-state index contributed by atoms with van der Waals surface area (Å²) >= 11 is 0. The molecule has 0 radical (unpaired) electrons. The summed E-state index contributed by atoms with van der Waals surface area (Å²) in [6, 6.07) is 13.9. The lowest BCUT2D eigenvalue weighted by Gasteiger charge is -2.31. The van der Waals surface area contributed by atoms with Gasteiger partial charge in [-0.05, 0) is 50.2 Å². The summed E-state index contributed by atoms with van der Waals surface area (Å²) < 4.78 is 18.7. The Hall–Kier alpha value is -3.50. The van der Waals surface area contributed by atoms with Gasteiger partial charge in [-0.1, -0.05) is 18.2 Å². The molecule has 0 spiro atoms. The summed E-state index contributed by atoms with van der Waals surface area (Å²) in [4.78, 5) is 9.52. The van der Waals surface area contributed by atoms with E-state index in [2.05, 4.69) is 34.7 Å². The highest BCUT2D eigenvalue weighted by atomic mass is 19.1. The van der Waals surface area contributed by atoms with Crippen molar-refractivity contribution in [3.8, 4) is 11.8 Å². The molecule has 0 saturated carbocycles. The molecule has 0 bridgehead atoms. The van der Waals surface area contributed by atoms with Crippen molar-refractivity contribution in [3.05, 3.63) is 71.1 Å². The van der Waals surface area contributed by atoms with Gasteiger partial charge >= 0.3 is 0 Å². The second kappa shape index (κ2) is 7.73. The summed E-state index contributed by atoms with van der Waals surface area (Å²) in [6.45, 7) is 2.11. The van der Waals surface area contributed by atoms with Gasteiger partial charge in [-0.2, -0.15) is 5.26 Å². The van der Waals surface area contributed by atoms with Crippen molar-refractivity contribution < 1.29 is 9.13 Å². The lowest BCUT2D eigenvalue weighted by molar-refractivity contribution is 0.413. The van der Waals surface area contributed by atoms with Gasteiger partial charge in [0.05, 0.1) is 18.4 Å². The number of ether oxygens (including phenoxy) is 1. The topological polar surface area (TPSA) is 81.8 Å². The summed E-state index contributed by atoms with van der Waals surface area (Å²) in [7, 11) is 3.38. The van der Waals surface area contributed by atoms with E-state index in [4.69, 9.17) is 9.73 Å². The molecule has 1 aliphatic carbocycles. The standard InChI is InChI=1S/C23H22FN5O/c1-23(15-5-7-16(24)8-6-15)11-10-18-20(23)28-22(29-21(18)26-2)27-17-9-4-14(13-25)19(12-17)30-3/h4-10,12,21,26H,11H2,1-3H3,(H,27,29)/t21-,23?/m1/s1. The molecule has 1 heterocycles. The zero-order valence-corrected chi connectivity index (χ0v) is 17.0. The molecule has 30 heavy (non-hydrogen) atoms. The normalized spacial score (nSPS) is 22.4. The number of nitrogens with zero attached hydrogens (tertiary/aromatic N) is 3. The molecule has 7 heteroatoms. The second-order valence-corrected chi connectivity index (χ2v) is 7.46. The minimum Gasteiger partial charge on any atom is -0.495 e. The molecule has 2 aliphatic rings. The van der Waals surface area contributed by atoms with Crippen LogP contribution in [-0.4, -0.2) is 32.0 Å². The number of nitriles is 1. The number of nitrogens with one attached hydrogen (secondary N) is 2. The van der Waals surface area contributed by atoms with Gasteiger partial charge in [0.2, 0.25) is 5.96 Å². The molecule has 1 unspecified atom stereocenters. The predicted octanol–water partition coefficient (Wildman–Crippen LogP) is 3.76. The van der Waals surface area contributed by atoms with Crippen molar-refractivity contribution >= 4 is 17.4 Å². The Bertz CT molecular complexity index is 1110. The number of hydrogen-bond donors (Lipinski definition) is 2. The monoisotopic (exact) mass is 403 g/mol. The average molecular weight is 403 g/mol. The molecule has 2 aromatic carbocycles. The summed E-state index contributed by atoms with van der Waals surface area (Å²) in [6.07, 6.45) is 2.68. The Kier molecular flexibility index (Phi) is 5.10. The van der Waals surface area contributed by atoms with Crippen LogP contribution in [-0.2, 0) is 5.41 Å². The molecule has 4 rings (SSSR count). The van der Waals surface area contributed by atoms with Crippen LogP contribution in [0.15, 0.2) is 64.1 Å². The first-order chi connectivity index (χ1) is 14.5. The third-order valence-electron chi connectivity index (χ3n) is 5.62. The molecular formula is C23H22FN5O. The highest BCUT2D eigenvalue weighted by Crippen LogP contribution is 2.41. The molecule has 0 aromatic heterocycles. The van der Waals surface area contributed by atoms with Crippen molar-refractivity contribution in [2.24, 2.45) is 9.98 Å². The van der Waals surface area contributed by atoms with Crippen molar-refractivity contribution in [1.29, 1.82) is 5.26 Å². The van der Waals surface area contributed by atoms with E-state index in [0.717, 1.165) is 29.0 Å². The fourth-order valence-corrected chi connectivity index (χ4v) is 3.92. The van der Waals surface area contributed by atoms with Crippen molar-refractivity contribution in [1.82, 2.24) is 5.32 Å². The van der Waals surface area contributed by atoms with E-state index in [1.807, 2.05) is 19.2 Å². The molecule has 0 saturated heterocycles. The molecule has 2 N–H and O–H groups in total. The maximum Gasteiger partial charge on any atom is 0.224 e. The van der Waals surface area contributed by atoms with Crippen LogP contribution in [0.5, 0.6) is 5.75 Å². The van der Waals surface area contributed by atoms with Crippen LogP contribution in [0.25, 0.3) is 0 Å². The highest BCUT2D eigenvalue weighted by Gasteiger charge is 2.42. The second-order valence-electron chi connectivity index (χ2n) is 7.46. The van der Waals surface area contributed by atoms with E-state index in [1.54, 1.807) is 18.2 Å². The number of methoxy groups -OCH3 is 1. The number of anilines is 1. The summed E-state index contributed by atoms with van der Waals surface area (Å²) in [5.41, 5.74) is 3.75. The zero-order valence-electron chi connectivity index (χ0n) is 17.0. The van der Waals surface area contributed by atoms with Gasteiger partial charge in [0.25, 0.3) is 0 Å². The van der Waals surface area contributed by atoms with Crippen LogP contribution in [0.2, 0.25) is 0 Å². The van der Waals surface area contributed by atoms with Crippen LogP contribution >= 0.6 is 0 Å². The molecule has 0 amide bonds. The zero-order chi connectivity index (χ0) is 21.3. The van der Waals surface area contributed by atoms with Gasteiger partial charge in [0.15, 0.2) is 0 Å². The number of benzene rings is 2. The number of guanidine groups is 1. The van der Waals surface area contributed by atoms with E-state index in [-0.39, 0.29) is 17.4 Å². The summed E-state index contributed by atoms with van der Waals surface area (Å²) in [5.74, 6) is 0.684. The number of likely N-dealkylation sites (N-methyl/N-ethyl adjacent to an activating group) is 1. The van der Waals surface area contributed by atoms with E-state index in [9.17, 15) is 9.65 Å². The van der Waals surface area contributed by atoms with Crippen LogP contribution in [0.3, 0.4) is 0 Å². The van der Waals surface area contributed by atoms with Gasteiger partial charge in [-0.25, -0.2) is 14.4 Å². The summed E-state index contributed by atoms with van der Waals surface area (Å²) in [5, 5.41) is 15.6. The minimum atomic E-state index is -0.372. The minimum absolute atomic E-state index is 0.234. The van der Waals surface area contributed by atoms with Crippen molar-refractivity contribution in [2.75, 3.05) is 19.5 Å². The molecule has 0 fully saturated rings. The first-order valence-corrected chi connectivity index (χ1v) is 9.64. The Labute approximate surface area is 174 Å². The van der Waals surface area contributed by atoms with Crippen LogP contribution in [0.4, 0.5) is 10.1 Å². The number of halogens is 1. The van der Waals surface area contributed by atoms with Crippen LogP contribution in [0, 0.1) is 17.1 Å². The first-order valence-electron chi connectivity index (χ1n) is 9.64. The Morgan fingerprint density at radius 3 is 2.67 bits per heavy atom. The lowest BCUT2D eigenvalue weighted by atomic mass is 9.77. The molecule has 152 valence electrons. The lowest BCUT2D eigenvalue weighted by Crippen LogP contribution is -2.40. The van der Waals surface area contributed by atoms with Gasteiger partial charge in [0, 0.05) is 22.7 Å². The maximum absolute atomic E-state index is 13.5. The van der Waals surface area contributed by atoms with Gasteiger partial charge < -0.3 is 10.1 Å². The fraction of sp³-hybridized carbons (Fsp3) is 0.261. The molecule has 2 aromatic rings. The predicted molar refractivity (Wildman–Crippen MR) is 116 cm³/mol. The van der Waals surface area contributed by atoms with Gasteiger partial charge in [-0.15, -0.1) is 0 Å². The number of rotatable bonds is 4. The molecule has 6 nitrogen and oxygen atoms in total. The third kappa shape index (κ3) is 3.36. The molecular weight excluding hydrogens is 381 g/mol. The van der Waals surface area contributed by atoms with Crippen LogP contribution in [0.1, 0.15) is 24.5 Å². The fourth-order valence-electron chi connectivity index (χ4n) is 3.92. The Balaban J connectivity index is 1.70. The van der Waals surface area contributed by atoms with Gasteiger partial charge in [0.1, 0.15) is 23.8 Å². The number of allylic oxidation sites excluding steroid dienone is 1. The average Bonchev–Trinajstić information content (AvgIpc) is 3.11. The number of aliphatic imine (C=N–C) groups is 2. The largest absolute Gasteiger partial charge is 0.495 e. The number of fused-ring (bicyclic) bond motifs is 1. The SMILES string of the molecule is CN[C@@H]1N=C(Nc2ccc(C#N)c(OC)c2)N=C2C1=CCC2(C)c1ccc(F)cc1. The van der Waals surface area contributed by atoms with Crippen molar-refractivity contribution in [3.63, 3.8) is 0 Å². The smallest absolute Gasteiger partial charge is 0.224 e. The Morgan fingerprint density at radius 1 is 1.23 bits per heavy atom. The van der Waals surface area contributed by atoms with Crippen molar-refractivity contribution in [2.45, 2.75) is 24.9 Å². The van der Waals surface area contributed by atoms with E-state index >= 15 is 0 Å². The van der Waals surface area contributed by atoms with Crippen LogP contribution < -0.4 is 15.4 Å². The molecule has 1 aliphatic heterocycles. The Morgan fingerprint density at radius 2 is 2.00 bits per heavy atom. The third-order valence-corrected chi connectivity index (χ3v) is 5.62.